The monoisotopic (exact) mass is 416 g/mol. The van der Waals surface area contributed by atoms with E-state index in [2.05, 4.69) is 90.4 Å². The van der Waals surface area contributed by atoms with Gasteiger partial charge in [-0.1, -0.05) is 24.3 Å². The van der Waals surface area contributed by atoms with Crippen molar-refractivity contribution in [2.75, 3.05) is 0 Å². The predicted octanol–water partition coefficient (Wildman–Crippen LogP) is 5.61. The van der Waals surface area contributed by atoms with Gasteiger partial charge in [0.2, 0.25) is 0 Å². The minimum Gasteiger partial charge on any atom is -0.0149 e. The smallest absolute Gasteiger partial charge is 0.0149 e. The van der Waals surface area contributed by atoms with Crippen molar-refractivity contribution in [1.82, 2.24) is 0 Å². The van der Waals surface area contributed by atoms with E-state index in [1.807, 2.05) is 13.8 Å². The Labute approximate surface area is 169 Å². The van der Waals surface area contributed by atoms with E-state index in [4.69, 9.17) is 0 Å². The van der Waals surface area contributed by atoms with Crippen molar-refractivity contribution in [3.8, 4) is 0 Å². The Kier molecular flexibility index (Phi) is 9.21. The van der Waals surface area contributed by atoms with Crippen LogP contribution in [0.15, 0.2) is 85.0 Å². The zero-order chi connectivity index (χ0) is 18.4. The Hall–Kier alpha value is -0.979. The van der Waals surface area contributed by atoms with Crippen LogP contribution in [0.25, 0.3) is 6.08 Å². The molecule has 0 aromatic heterocycles. The molecule has 0 N–H and O–H groups in total. The number of hydrogen-bond donors (Lipinski definition) is 0. The van der Waals surface area contributed by atoms with Crippen molar-refractivity contribution in [1.29, 1.82) is 0 Å². The summed E-state index contributed by atoms with van der Waals surface area (Å²) in [5.41, 5.74) is 5.13. The molecule has 0 aliphatic heterocycles. The van der Waals surface area contributed by atoms with Crippen LogP contribution < -0.4 is 5.30 Å². The normalized spacial score (nSPS) is 15.0. The predicted molar refractivity (Wildman–Crippen MR) is 125 cm³/mol. The van der Waals surface area contributed by atoms with Crippen molar-refractivity contribution in [2.45, 2.75) is 28.5 Å². The second-order valence-electron chi connectivity index (χ2n) is 7.24. The molecule has 3 heteroatoms. The molecule has 1 aliphatic rings. The fourth-order valence-corrected chi connectivity index (χ4v) is 12.7. The van der Waals surface area contributed by atoms with E-state index >= 15 is 0 Å². The van der Waals surface area contributed by atoms with E-state index in [9.17, 15) is 0 Å². The quantitative estimate of drug-likeness (QED) is 0.345. The zero-order valence-corrected chi connectivity index (χ0v) is 18.4. The van der Waals surface area contributed by atoms with Gasteiger partial charge in [0.15, 0.2) is 0 Å². The van der Waals surface area contributed by atoms with E-state index in [0.29, 0.717) is 0 Å². The van der Waals surface area contributed by atoms with Crippen molar-refractivity contribution in [3.63, 3.8) is 0 Å². The molecule has 2 atom stereocenters. The molecular weight excluding hydrogens is 383 g/mol. The van der Waals surface area contributed by atoms with E-state index < -0.39 is 16.1 Å². The number of rotatable bonds is 4. The first-order chi connectivity index (χ1) is 11.8. The molecule has 0 spiro atoms. The summed E-state index contributed by atoms with van der Waals surface area (Å²) in [6.07, 6.45) is 4.78. The van der Waals surface area contributed by atoms with Crippen LogP contribution >= 0.6 is 6.57 Å². The van der Waals surface area contributed by atoms with E-state index in [0.717, 1.165) is 21.9 Å². The maximum absolute atomic E-state index is 3.66. The third-order valence-corrected chi connectivity index (χ3v) is 14.7. The summed E-state index contributed by atoms with van der Waals surface area (Å²) in [5.74, 6) is 0. The SMILES string of the molecule is C=C(C)C(=C)C.[CH3][Ti]([CH3])([PH]c1ccccc1)[CH]1C=Cc2ccccc21.[SiH4]. The minimum atomic E-state index is -1.88. The van der Waals surface area contributed by atoms with Crippen LogP contribution in [-0.4, -0.2) is 11.0 Å². The fraction of sp³-hybridized carbons (Fsp3) is 0.217. The van der Waals surface area contributed by atoms with Gasteiger partial charge in [-0.2, -0.15) is 0 Å². The summed E-state index contributed by atoms with van der Waals surface area (Å²) in [6.45, 7) is 12.2. The van der Waals surface area contributed by atoms with Gasteiger partial charge in [0.05, 0.1) is 0 Å². The number of allylic oxidation sites excluding steroid dienone is 3. The standard InChI is InChI=1S/C9H7.C6H6P.C6H10.2CH3.H4Si.Ti/c1-2-5-9-7-3-6-8(9)4-1;7-6-4-2-1-3-5-6;1-5(2)6(3)4;;;;/h1-7H;1-5,7H;1,3H2,2,4H3;2*1H3;1H4;/q;-1;;;;;+1. The summed E-state index contributed by atoms with van der Waals surface area (Å²) in [7, 11) is 0. The van der Waals surface area contributed by atoms with Gasteiger partial charge in [-0.05, 0) is 24.8 Å². The molecule has 0 amide bonds. The van der Waals surface area contributed by atoms with Crippen molar-refractivity contribution in [3.05, 3.63) is 96.1 Å². The molecule has 1 aliphatic carbocycles. The average molecular weight is 416 g/mol. The summed E-state index contributed by atoms with van der Waals surface area (Å²) in [5, 5.41) is 6.68. The van der Waals surface area contributed by atoms with Gasteiger partial charge in [0.1, 0.15) is 0 Å². The second kappa shape index (κ2) is 10.4. The first kappa shape index (κ1) is 23.1. The molecule has 2 unspecified atom stereocenters. The topological polar surface area (TPSA) is 0 Å². The molecule has 0 saturated carbocycles. The first-order valence-electron chi connectivity index (χ1n) is 8.73. The molecule has 3 rings (SSSR count). The van der Waals surface area contributed by atoms with Crippen LogP contribution in [-0.2, 0) is 16.1 Å². The van der Waals surface area contributed by atoms with Crippen LogP contribution in [0.4, 0.5) is 0 Å². The van der Waals surface area contributed by atoms with Crippen LogP contribution in [0.3, 0.4) is 0 Å². The summed E-state index contributed by atoms with van der Waals surface area (Å²) in [4.78, 5) is 0. The molecule has 2 aromatic carbocycles. The van der Waals surface area contributed by atoms with Gasteiger partial charge in [-0.25, -0.2) is 0 Å². The number of benzene rings is 2. The Morgan fingerprint density at radius 3 is 2.00 bits per heavy atom. The van der Waals surface area contributed by atoms with Crippen LogP contribution in [0.2, 0.25) is 10.5 Å². The fourth-order valence-electron chi connectivity index (χ4n) is 2.85. The van der Waals surface area contributed by atoms with Crippen LogP contribution in [0, 0.1) is 0 Å². The Bertz CT molecular complexity index is 766. The molecule has 26 heavy (non-hydrogen) atoms. The average Bonchev–Trinajstić information content (AvgIpc) is 3.01. The molecular formula is C23H33PSiTi. The molecule has 0 fully saturated rings. The number of hydrogen-bond acceptors (Lipinski definition) is 0. The minimum absolute atomic E-state index is 0. The van der Waals surface area contributed by atoms with E-state index in [-0.39, 0.29) is 11.0 Å². The molecule has 2 aromatic rings. The molecule has 0 saturated heterocycles. The van der Waals surface area contributed by atoms with Gasteiger partial charge >= 0.3 is 121 Å². The maximum atomic E-state index is 3.66. The Morgan fingerprint density at radius 2 is 1.42 bits per heavy atom. The van der Waals surface area contributed by atoms with Gasteiger partial charge in [-0.15, -0.1) is 0 Å². The van der Waals surface area contributed by atoms with Gasteiger partial charge in [-0.3, -0.25) is 0 Å². The number of fused-ring (bicyclic) bond motifs is 1. The first-order valence-corrected chi connectivity index (χ1v) is 16.1. The van der Waals surface area contributed by atoms with Crippen molar-refractivity contribution in [2.24, 2.45) is 0 Å². The molecule has 0 radical (unpaired) electrons. The molecule has 138 valence electrons. The summed E-state index contributed by atoms with van der Waals surface area (Å²) >= 11 is -1.88. The maximum Gasteiger partial charge on any atom is -0.0149 e. The Balaban J connectivity index is 0.000000422. The Morgan fingerprint density at radius 1 is 0.885 bits per heavy atom. The molecule has 0 nitrogen and oxygen atoms in total. The van der Waals surface area contributed by atoms with Gasteiger partial charge < -0.3 is 0 Å². The molecule has 0 bridgehead atoms. The summed E-state index contributed by atoms with van der Waals surface area (Å²) < 4.78 is 0.717. The van der Waals surface area contributed by atoms with E-state index in [1.54, 1.807) is 5.56 Å². The van der Waals surface area contributed by atoms with Crippen LogP contribution in [0.1, 0.15) is 29.2 Å². The van der Waals surface area contributed by atoms with Crippen molar-refractivity contribution >= 4 is 28.9 Å². The largest absolute Gasteiger partial charge is 0.0149 e. The van der Waals surface area contributed by atoms with Gasteiger partial charge in [0.25, 0.3) is 0 Å². The van der Waals surface area contributed by atoms with Gasteiger partial charge in [0, 0.05) is 0 Å². The third kappa shape index (κ3) is 6.32. The summed E-state index contributed by atoms with van der Waals surface area (Å²) in [6, 6.07) is 19.9. The molecule has 0 heterocycles. The van der Waals surface area contributed by atoms with E-state index in [1.165, 1.54) is 10.9 Å². The second-order valence-corrected chi connectivity index (χ2v) is 20.9. The third-order valence-electron chi connectivity index (χ3n) is 4.55. The zero-order valence-electron chi connectivity index (χ0n) is 15.8. The van der Waals surface area contributed by atoms with Crippen LogP contribution in [0.5, 0.6) is 0 Å². The van der Waals surface area contributed by atoms with Crippen molar-refractivity contribution < 1.29 is 16.1 Å².